The first kappa shape index (κ1) is 16.6. The third kappa shape index (κ3) is 4.59. The van der Waals surface area contributed by atoms with Crippen molar-refractivity contribution in [3.05, 3.63) is 29.3 Å². The number of halogens is 1. The summed E-state index contributed by atoms with van der Waals surface area (Å²) in [4.78, 5) is 16.6. The first-order valence-electron chi connectivity index (χ1n) is 8.44. The van der Waals surface area contributed by atoms with Gasteiger partial charge in [0.25, 0.3) is 0 Å². The molecular weight excluding hydrogens is 312 g/mol. The van der Waals surface area contributed by atoms with E-state index in [1.807, 2.05) is 18.2 Å². The maximum atomic E-state index is 11.7. The minimum atomic E-state index is 0.191. The molecule has 23 heavy (non-hydrogen) atoms. The Labute approximate surface area is 143 Å². The minimum Gasteiger partial charge on any atom is -0.369 e. The van der Waals surface area contributed by atoms with E-state index < -0.39 is 0 Å². The van der Waals surface area contributed by atoms with Crippen molar-refractivity contribution in [3.8, 4) is 0 Å². The van der Waals surface area contributed by atoms with Crippen LogP contribution in [0.3, 0.4) is 0 Å². The van der Waals surface area contributed by atoms with E-state index in [2.05, 4.69) is 26.5 Å². The average molecular weight is 337 g/mol. The Morgan fingerprint density at radius 1 is 1.26 bits per heavy atom. The van der Waals surface area contributed by atoms with Gasteiger partial charge >= 0.3 is 0 Å². The molecule has 3 rings (SSSR count). The van der Waals surface area contributed by atoms with E-state index in [9.17, 15) is 4.79 Å². The molecule has 1 aromatic rings. The van der Waals surface area contributed by atoms with Crippen molar-refractivity contribution in [3.63, 3.8) is 0 Å². The maximum Gasteiger partial charge on any atom is 0.225 e. The molecule has 0 aromatic heterocycles. The van der Waals surface area contributed by atoms with Crippen molar-refractivity contribution in [2.24, 2.45) is 5.92 Å². The number of amides is 1. The number of nitrogens with zero attached hydrogens (tertiary/aromatic N) is 2. The highest BCUT2D eigenvalue weighted by atomic mass is 35.5. The van der Waals surface area contributed by atoms with Gasteiger partial charge in [0.1, 0.15) is 0 Å². The Morgan fingerprint density at radius 3 is 2.70 bits per heavy atom. The van der Waals surface area contributed by atoms with E-state index in [1.165, 1.54) is 5.69 Å². The number of rotatable bonds is 6. The highest BCUT2D eigenvalue weighted by Gasteiger charge is 2.24. The van der Waals surface area contributed by atoms with Crippen molar-refractivity contribution in [2.75, 3.05) is 57.3 Å². The quantitative estimate of drug-likeness (QED) is 0.766. The zero-order valence-corrected chi connectivity index (χ0v) is 14.2. The number of piperazine rings is 1. The van der Waals surface area contributed by atoms with Crippen LogP contribution in [0.4, 0.5) is 5.69 Å². The molecule has 2 N–H and O–H groups in total. The number of carbonyl (C=O) groups is 1. The second kappa shape index (κ2) is 7.99. The monoisotopic (exact) mass is 336 g/mol. The fourth-order valence-electron chi connectivity index (χ4n) is 3.04. The van der Waals surface area contributed by atoms with E-state index in [-0.39, 0.29) is 11.8 Å². The lowest BCUT2D eigenvalue weighted by Gasteiger charge is -2.36. The molecule has 0 atom stereocenters. The van der Waals surface area contributed by atoms with Gasteiger partial charge < -0.3 is 15.5 Å². The molecule has 2 fully saturated rings. The lowest BCUT2D eigenvalue weighted by atomic mass is 10.0. The summed E-state index contributed by atoms with van der Waals surface area (Å²) in [5.74, 6) is 0.394. The first-order chi connectivity index (χ1) is 11.2. The topological polar surface area (TPSA) is 47.6 Å². The molecule has 0 saturated carbocycles. The zero-order chi connectivity index (χ0) is 16.1. The fraction of sp³-hybridized carbons (Fsp3) is 0.588. The molecular formula is C17H25ClN4O. The number of hydrogen-bond donors (Lipinski definition) is 2. The Bertz CT molecular complexity index is 527. The third-order valence-corrected chi connectivity index (χ3v) is 4.88. The SMILES string of the molecule is O=C(NCCCN1CCN(c2cccc(Cl)c2)CC1)C1CNC1. The van der Waals surface area contributed by atoms with Crippen molar-refractivity contribution in [2.45, 2.75) is 6.42 Å². The van der Waals surface area contributed by atoms with E-state index in [1.54, 1.807) is 0 Å². The van der Waals surface area contributed by atoms with Crippen LogP contribution in [0, 0.1) is 5.92 Å². The fourth-order valence-corrected chi connectivity index (χ4v) is 3.22. The Hall–Kier alpha value is -1.30. The summed E-state index contributed by atoms with van der Waals surface area (Å²) in [6.07, 6.45) is 1.02. The van der Waals surface area contributed by atoms with Gasteiger partial charge in [0.15, 0.2) is 0 Å². The van der Waals surface area contributed by atoms with Gasteiger partial charge in [0.2, 0.25) is 5.91 Å². The zero-order valence-electron chi connectivity index (χ0n) is 13.4. The summed E-state index contributed by atoms with van der Waals surface area (Å²) >= 11 is 6.06. The van der Waals surface area contributed by atoms with Crippen molar-refractivity contribution in [1.82, 2.24) is 15.5 Å². The summed E-state index contributed by atoms with van der Waals surface area (Å²) in [6.45, 7) is 7.67. The van der Waals surface area contributed by atoms with Crippen LogP contribution in [0.15, 0.2) is 24.3 Å². The number of carbonyl (C=O) groups excluding carboxylic acids is 1. The second-order valence-corrected chi connectivity index (χ2v) is 6.74. The molecule has 2 aliphatic heterocycles. The molecule has 0 spiro atoms. The number of anilines is 1. The van der Waals surface area contributed by atoms with Crippen molar-refractivity contribution < 1.29 is 4.79 Å². The third-order valence-electron chi connectivity index (χ3n) is 4.65. The van der Waals surface area contributed by atoms with Crippen molar-refractivity contribution >= 4 is 23.2 Å². The molecule has 0 radical (unpaired) electrons. The van der Waals surface area contributed by atoms with E-state index in [0.29, 0.717) is 0 Å². The number of nitrogens with one attached hydrogen (secondary N) is 2. The van der Waals surface area contributed by atoms with Gasteiger partial charge in [-0.1, -0.05) is 17.7 Å². The molecule has 2 aliphatic rings. The minimum absolute atomic E-state index is 0.191. The van der Waals surface area contributed by atoms with Crippen LogP contribution in [0.1, 0.15) is 6.42 Å². The smallest absolute Gasteiger partial charge is 0.225 e. The first-order valence-corrected chi connectivity index (χ1v) is 8.81. The molecule has 2 heterocycles. The summed E-state index contributed by atoms with van der Waals surface area (Å²) in [7, 11) is 0. The van der Waals surface area contributed by atoms with E-state index in [4.69, 9.17) is 11.6 Å². The molecule has 2 saturated heterocycles. The summed E-state index contributed by atoms with van der Waals surface area (Å²) in [5, 5.41) is 6.95. The highest BCUT2D eigenvalue weighted by molar-refractivity contribution is 6.30. The van der Waals surface area contributed by atoms with Gasteiger partial charge in [-0.15, -0.1) is 0 Å². The summed E-state index contributed by atoms with van der Waals surface area (Å²) in [5.41, 5.74) is 1.21. The molecule has 126 valence electrons. The van der Waals surface area contributed by atoms with Crippen LogP contribution < -0.4 is 15.5 Å². The molecule has 1 amide bonds. The molecule has 0 bridgehead atoms. The Balaban J connectivity index is 1.32. The second-order valence-electron chi connectivity index (χ2n) is 6.31. The summed E-state index contributed by atoms with van der Waals surface area (Å²) < 4.78 is 0. The lowest BCUT2D eigenvalue weighted by molar-refractivity contribution is -0.126. The highest BCUT2D eigenvalue weighted by Crippen LogP contribution is 2.20. The van der Waals surface area contributed by atoms with Gasteiger partial charge in [0, 0.05) is 56.5 Å². The van der Waals surface area contributed by atoms with Crippen LogP contribution in [0.2, 0.25) is 5.02 Å². The predicted molar refractivity (Wildman–Crippen MR) is 94.1 cm³/mol. The van der Waals surface area contributed by atoms with Crippen LogP contribution in [-0.4, -0.2) is 63.2 Å². The largest absolute Gasteiger partial charge is 0.369 e. The van der Waals surface area contributed by atoms with Crippen LogP contribution in [0.5, 0.6) is 0 Å². The average Bonchev–Trinajstić information content (AvgIpc) is 2.50. The van der Waals surface area contributed by atoms with Crippen LogP contribution in [0.25, 0.3) is 0 Å². The van der Waals surface area contributed by atoms with Gasteiger partial charge in [-0.25, -0.2) is 0 Å². The molecule has 5 nitrogen and oxygen atoms in total. The molecule has 1 aromatic carbocycles. The van der Waals surface area contributed by atoms with E-state index >= 15 is 0 Å². The van der Waals surface area contributed by atoms with Crippen LogP contribution in [-0.2, 0) is 4.79 Å². The standard InChI is InChI=1S/C17H25ClN4O/c18-15-3-1-4-16(11-15)22-9-7-21(8-10-22)6-2-5-20-17(23)14-12-19-13-14/h1,3-4,11,14,19H,2,5-10,12-13H2,(H,20,23). The van der Waals surface area contributed by atoms with Gasteiger partial charge in [-0.05, 0) is 31.2 Å². The van der Waals surface area contributed by atoms with Gasteiger partial charge in [0.05, 0.1) is 5.92 Å². The maximum absolute atomic E-state index is 11.7. The number of hydrogen-bond acceptors (Lipinski definition) is 4. The lowest BCUT2D eigenvalue weighted by Crippen LogP contribution is -2.51. The molecule has 0 aliphatic carbocycles. The molecule has 0 unspecified atom stereocenters. The van der Waals surface area contributed by atoms with Crippen LogP contribution >= 0.6 is 11.6 Å². The summed E-state index contributed by atoms with van der Waals surface area (Å²) in [6, 6.07) is 8.06. The normalized spacial score (nSPS) is 19.4. The van der Waals surface area contributed by atoms with Crippen molar-refractivity contribution in [1.29, 1.82) is 0 Å². The molecule has 6 heteroatoms. The number of benzene rings is 1. The Morgan fingerprint density at radius 2 is 2.04 bits per heavy atom. The van der Waals surface area contributed by atoms with E-state index in [0.717, 1.165) is 63.8 Å². The predicted octanol–water partition coefficient (Wildman–Crippen LogP) is 1.19. The Kier molecular flexibility index (Phi) is 5.75. The van der Waals surface area contributed by atoms with Gasteiger partial charge in [-0.3, -0.25) is 9.69 Å². The van der Waals surface area contributed by atoms with Gasteiger partial charge in [-0.2, -0.15) is 0 Å².